The second-order valence-electron chi connectivity index (χ2n) is 8.14. The van der Waals surface area contributed by atoms with Crippen LogP contribution in [-0.4, -0.2) is 39.1 Å². The molecule has 6 nitrogen and oxygen atoms in total. The molecule has 1 unspecified atom stereocenters. The van der Waals surface area contributed by atoms with Crippen molar-refractivity contribution < 1.29 is 24.1 Å². The van der Waals surface area contributed by atoms with E-state index in [9.17, 15) is 5.11 Å². The van der Waals surface area contributed by atoms with Crippen molar-refractivity contribution in [3.63, 3.8) is 0 Å². The number of hydrogen-bond acceptors (Lipinski definition) is 6. The van der Waals surface area contributed by atoms with E-state index in [1.54, 1.807) is 28.4 Å². The number of piperidine rings is 1. The number of hydrogen-bond donors (Lipinski definition) is 2. The van der Waals surface area contributed by atoms with Crippen LogP contribution in [0, 0.1) is 11.8 Å². The quantitative estimate of drug-likeness (QED) is 0.739. The van der Waals surface area contributed by atoms with E-state index in [1.165, 1.54) is 0 Å². The summed E-state index contributed by atoms with van der Waals surface area (Å²) in [5, 5.41) is 15.3. The van der Waals surface area contributed by atoms with Gasteiger partial charge >= 0.3 is 0 Å². The van der Waals surface area contributed by atoms with Gasteiger partial charge in [-0.1, -0.05) is 13.8 Å². The molecule has 2 N–H and O–H groups in total. The fraction of sp³-hybridized carbons (Fsp3) is 0.500. The average molecular weight is 416 g/mol. The minimum atomic E-state index is -0.942. The van der Waals surface area contributed by atoms with E-state index in [0.29, 0.717) is 0 Å². The van der Waals surface area contributed by atoms with Gasteiger partial charge in [0.05, 0.1) is 34.0 Å². The molecule has 0 bridgehead atoms. The summed E-state index contributed by atoms with van der Waals surface area (Å²) in [7, 11) is 6.60. The third-order valence-corrected chi connectivity index (χ3v) is 6.75. The lowest BCUT2D eigenvalue weighted by Crippen LogP contribution is -2.56. The highest BCUT2D eigenvalue weighted by Crippen LogP contribution is 2.50. The smallest absolute Gasteiger partial charge is 0.123 e. The Kier molecular flexibility index (Phi) is 6.48. The van der Waals surface area contributed by atoms with Crippen LogP contribution in [0.25, 0.3) is 0 Å². The van der Waals surface area contributed by atoms with Gasteiger partial charge in [0.2, 0.25) is 0 Å². The summed E-state index contributed by atoms with van der Waals surface area (Å²) in [6.45, 7) is 6.03. The first-order chi connectivity index (χ1) is 14.3. The summed E-state index contributed by atoms with van der Waals surface area (Å²) in [5.74, 6) is 2.83. The third kappa shape index (κ3) is 3.82. The Morgan fingerprint density at radius 1 is 0.733 bits per heavy atom. The van der Waals surface area contributed by atoms with Crippen molar-refractivity contribution in [2.45, 2.75) is 38.5 Å². The zero-order chi connectivity index (χ0) is 22.1. The Balaban J connectivity index is 2.13. The fourth-order valence-electron chi connectivity index (χ4n) is 4.45. The highest BCUT2D eigenvalue weighted by Gasteiger charge is 2.49. The number of nitrogens with one attached hydrogen (secondary N) is 1. The summed E-state index contributed by atoms with van der Waals surface area (Å²) < 4.78 is 22.2. The first-order valence-electron chi connectivity index (χ1n) is 10.2. The van der Waals surface area contributed by atoms with Crippen molar-refractivity contribution >= 4 is 0 Å². The summed E-state index contributed by atoms with van der Waals surface area (Å²) in [5.41, 5.74) is 0.953. The lowest BCUT2D eigenvalue weighted by Gasteiger charge is -2.50. The largest absolute Gasteiger partial charge is 0.497 e. The summed E-state index contributed by atoms with van der Waals surface area (Å²) in [4.78, 5) is 0. The van der Waals surface area contributed by atoms with E-state index in [-0.39, 0.29) is 23.9 Å². The van der Waals surface area contributed by atoms with Crippen LogP contribution in [0.4, 0.5) is 0 Å². The Bertz CT molecular complexity index is 812. The van der Waals surface area contributed by atoms with E-state index in [1.807, 2.05) is 43.3 Å². The van der Waals surface area contributed by atoms with Crippen LogP contribution in [0.3, 0.4) is 0 Å². The van der Waals surface area contributed by atoms with Gasteiger partial charge in [-0.05, 0) is 43.3 Å². The number of benzene rings is 2. The van der Waals surface area contributed by atoms with Gasteiger partial charge in [-0.3, -0.25) is 0 Å². The van der Waals surface area contributed by atoms with Crippen molar-refractivity contribution in [2.24, 2.45) is 11.8 Å². The number of rotatable bonds is 6. The van der Waals surface area contributed by atoms with Gasteiger partial charge in [0.15, 0.2) is 0 Å². The standard InChI is InChI=1S/C24H33NO5/c1-14-22(18-12-16(27-4)8-10-20(18)29-6)25-23(15(2)24(14,3)26)19-13-17(28-5)9-11-21(19)30-7/h8-15,22-23,25-26H,1-7H3/t14-,15+,22-,23-,24?/m0/s1. The van der Waals surface area contributed by atoms with E-state index < -0.39 is 5.60 Å². The summed E-state index contributed by atoms with van der Waals surface area (Å²) >= 11 is 0. The molecule has 0 aromatic heterocycles. The first-order valence-corrected chi connectivity index (χ1v) is 10.2. The molecule has 5 atom stereocenters. The molecule has 1 fully saturated rings. The Morgan fingerprint density at radius 3 is 1.47 bits per heavy atom. The fourth-order valence-corrected chi connectivity index (χ4v) is 4.45. The maximum atomic E-state index is 11.6. The number of ether oxygens (including phenoxy) is 4. The van der Waals surface area contributed by atoms with Gasteiger partial charge in [-0.2, -0.15) is 0 Å². The van der Waals surface area contributed by atoms with E-state index in [2.05, 4.69) is 19.2 Å². The van der Waals surface area contributed by atoms with E-state index in [4.69, 9.17) is 18.9 Å². The average Bonchev–Trinajstić information content (AvgIpc) is 2.77. The SMILES string of the molecule is COc1ccc(OC)c([C@H]2N[C@H](c3cc(OC)ccc3OC)[C@H](C)C(C)(O)[C@@H]2C)c1. The minimum absolute atomic E-state index is 0.0821. The third-order valence-electron chi connectivity index (χ3n) is 6.75. The lowest BCUT2D eigenvalue weighted by molar-refractivity contribution is -0.0964. The van der Waals surface area contributed by atoms with Gasteiger partial charge in [-0.15, -0.1) is 0 Å². The maximum Gasteiger partial charge on any atom is 0.123 e. The first kappa shape index (κ1) is 22.2. The highest BCUT2D eigenvalue weighted by atomic mass is 16.5. The van der Waals surface area contributed by atoms with Crippen LogP contribution in [0.5, 0.6) is 23.0 Å². The molecule has 0 saturated carbocycles. The minimum Gasteiger partial charge on any atom is -0.497 e. The molecular weight excluding hydrogens is 382 g/mol. The zero-order valence-corrected chi connectivity index (χ0v) is 18.9. The Hall–Kier alpha value is -2.44. The predicted molar refractivity (Wildman–Crippen MR) is 117 cm³/mol. The van der Waals surface area contributed by atoms with E-state index >= 15 is 0 Å². The van der Waals surface area contributed by atoms with Gasteiger partial charge in [0.1, 0.15) is 23.0 Å². The normalized spacial score (nSPS) is 28.7. The monoisotopic (exact) mass is 415 g/mol. The molecule has 0 radical (unpaired) electrons. The molecule has 1 heterocycles. The molecule has 1 aliphatic rings. The van der Waals surface area contributed by atoms with Crippen molar-refractivity contribution in [1.82, 2.24) is 5.32 Å². The molecule has 0 spiro atoms. The highest BCUT2D eigenvalue weighted by molar-refractivity contribution is 5.46. The van der Waals surface area contributed by atoms with Gasteiger partial charge in [0, 0.05) is 35.0 Å². The second kappa shape index (κ2) is 8.74. The van der Waals surface area contributed by atoms with Crippen molar-refractivity contribution in [2.75, 3.05) is 28.4 Å². The molecule has 2 aromatic carbocycles. The molecule has 30 heavy (non-hydrogen) atoms. The van der Waals surface area contributed by atoms with Crippen LogP contribution in [0.2, 0.25) is 0 Å². The Morgan fingerprint density at radius 2 is 1.13 bits per heavy atom. The van der Waals surface area contributed by atoms with E-state index in [0.717, 1.165) is 34.1 Å². The molecule has 1 saturated heterocycles. The summed E-state index contributed by atoms with van der Waals surface area (Å²) in [6.07, 6.45) is 0. The topological polar surface area (TPSA) is 69.2 Å². The second-order valence-corrected chi connectivity index (χ2v) is 8.14. The zero-order valence-electron chi connectivity index (χ0n) is 18.9. The van der Waals surface area contributed by atoms with Crippen LogP contribution < -0.4 is 24.3 Å². The van der Waals surface area contributed by atoms with Crippen LogP contribution in [0.1, 0.15) is 44.0 Å². The maximum absolute atomic E-state index is 11.6. The van der Waals surface area contributed by atoms with Gasteiger partial charge < -0.3 is 29.4 Å². The Labute approximate surface area is 179 Å². The van der Waals surface area contributed by atoms with Crippen LogP contribution in [-0.2, 0) is 0 Å². The molecule has 6 heteroatoms. The number of methoxy groups -OCH3 is 4. The van der Waals surface area contributed by atoms with Crippen molar-refractivity contribution in [3.8, 4) is 23.0 Å². The molecular formula is C24H33NO5. The molecule has 3 rings (SSSR count). The predicted octanol–water partition coefficient (Wildman–Crippen LogP) is 4.13. The van der Waals surface area contributed by atoms with Crippen LogP contribution in [0.15, 0.2) is 36.4 Å². The molecule has 2 aromatic rings. The van der Waals surface area contributed by atoms with Crippen molar-refractivity contribution in [3.05, 3.63) is 47.5 Å². The lowest BCUT2D eigenvalue weighted by atomic mass is 9.67. The van der Waals surface area contributed by atoms with Crippen LogP contribution >= 0.6 is 0 Å². The number of aliphatic hydroxyl groups is 1. The summed E-state index contributed by atoms with van der Waals surface area (Å²) in [6, 6.07) is 11.2. The molecule has 0 aliphatic carbocycles. The molecule has 164 valence electrons. The molecule has 1 aliphatic heterocycles. The molecule has 0 amide bonds. The van der Waals surface area contributed by atoms with Gasteiger partial charge in [-0.25, -0.2) is 0 Å². The van der Waals surface area contributed by atoms with Crippen molar-refractivity contribution in [1.29, 1.82) is 0 Å². The van der Waals surface area contributed by atoms with Gasteiger partial charge in [0.25, 0.3) is 0 Å².